The molecular weight excluding hydrogens is 262 g/mol. The summed E-state index contributed by atoms with van der Waals surface area (Å²) < 4.78 is 0. The van der Waals surface area contributed by atoms with Crippen LogP contribution in [0, 0.1) is 13.8 Å². The summed E-state index contributed by atoms with van der Waals surface area (Å²) in [7, 11) is 0. The van der Waals surface area contributed by atoms with E-state index >= 15 is 0 Å². The van der Waals surface area contributed by atoms with Crippen molar-refractivity contribution in [3.63, 3.8) is 0 Å². The second-order valence-electron chi connectivity index (χ2n) is 4.44. The molecule has 0 aliphatic rings. The maximum atomic E-state index is 6.01. The van der Waals surface area contributed by atoms with Gasteiger partial charge in [-0.1, -0.05) is 47.0 Å². The number of thioether (sulfide) groups is 1. The van der Waals surface area contributed by atoms with Gasteiger partial charge in [0.15, 0.2) is 0 Å². The van der Waals surface area contributed by atoms with Crippen molar-refractivity contribution >= 4 is 29.1 Å². The monoisotopic (exact) mass is 277 g/mol. The van der Waals surface area contributed by atoms with E-state index in [1.54, 1.807) is 11.8 Å². The molecule has 1 nitrogen and oxygen atoms in total. The van der Waals surface area contributed by atoms with E-state index in [0.29, 0.717) is 10.7 Å². The molecule has 94 valence electrons. The maximum absolute atomic E-state index is 6.01. The molecule has 2 aromatic carbocycles. The van der Waals surface area contributed by atoms with Crippen LogP contribution < -0.4 is 5.73 Å². The molecule has 0 aromatic heterocycles. The Balaban J connectivity index is 2.14. The summed E-state index contributed by atoms with van der Waals surface area (Å²) in [6, 6.07) is 12.4. The number of nitrogens with two attached hydrogens (primary N) is 1. The minimum absolute atomic E-state index is 0.625. The number of hydrogen-bond acceptors (Lipinski definition) is 2. The normalized spacial score (nSPS) is 10.6. The van der Waals surface area contributed by atoms with Crippen LogP contribution in [0.4, 0.5) is 5.69 Å². The van der Waals surface area contributed by atoms with Gasteiger partial charge in [0.2, 0.25) is 0 Å². The largest absolute Gasteiger partial charge is 0.397 e. The lowest BCUT2D eigenvalue weighted by molar-refractivity contribution is 1.29. The van der Waals surface area contributed by atoms with E-state index < -0.39 is 0 Å². The lowest BCUT2D eigenvalue weighted by Crippen LogP contribution is -1.91. The van der Waals surface area contributed by atoms with Gasteiger partial charge in [-0.2, -0.15) is 0 Å². The van der Waals surface area contributed by atoms with Crippen LogP contribution in [-0.2, 0) is 5.75 Å². The molecule has 0 atom stereocenters. The predicted octanol–water partition coefficient (Wildman–Crippen LogP) is 4.83. The second kappa shape index (κ2) is 5.68. The van der Waals surface area contributed by atoms with E-state index in [4.69, 9.17) is 17.3 Å². The number of aryl methyl sites for hydroxylation is 2. The molecule has 0 heterocycles. The molecule has 0 saturated heterocycles. The minimum Gasteiger partial charge on any atom is -0.397 e. The zero-order valence-electron chi connectivity index (χ0n) is 10.5. The molecular formula is C15H16ClNS. The number of benzene rings is 2. The van der Waals surface area contributed by atoms with E-state index in [-0.39, 0.29) is 0 Å². The van der Waals surface area contributed by atoms with Crippen LogP contribution in [0.15, 0.2) is 41.3 Å². The average molecular weight is 278 g/mol. The zero-order valence-corrected chi connectivity index (χ0v) is 12.1. The van der Waals surface area contributed by atoms with Gasteiger partial charge in [0.05, 0.1) is 10.7 Å². The van der Waals surface area contributed by atoms with Crippen molar-refractivity contribution in [2.24, 2.45) is 0 Å². The molecule has 0 amide bonds. The van der Waals surface area contributed by atoms with Crippen molar-refractivity contribution < 1.29 is 0 Å². The van der Waals surface area contributed by atoms with Crippen molar-refractivity contribution in [1.82, 2.24) is 0 Å². The Morgan fingerprint density at radius 1 is 1.11 bits per heavy atom. The Morgan fingerprint density at radius 3 is 2.44 bits per heavy atom. The van der Waals surface area contributed by atoms with Gasteiger partial charge in [0.1, 0.15) is 0 Å². The van der Waals surface area contributed by atoms with Gasteiger partial charge >= 0.3 is 0 Å². The molecule has 0 spiro atoms. The molecule has 0 aliphatic heterocycles. The van der Waals surface area contributed by atoms with Gasteiger partial charge in [-0.3, -0.25) is 0 Å². The Labute approximate surface area is 117 Å². The number of rotatable bonds is 3. The van der Waals surface area contributed by atoms with E-state index in [1.165, 1.54) is 16.7 Å². The van der Waals surface area contributed by atoms with Crippen molar-refractivity contribution in [1.29, 1.82) is 0 Å². The third-order valence-corrected chi connectivity index (χ3v) is 4.16. The van der Waals surface area contributed by atoms with Crippen LogP contribution >= 0.6 is 23.4 Å². The third-order valence-electron chi connectivity index (χ3n) is 2.69. The molecule has 18 heavy (non-hydrogen) atoms. The number of anilines is 1. The van der Waals surface area contributed by atoms with E-state index in [0.717, 1.165) is 10.6 Å². The van der Waals surface area contributed by atoms with Gasteiger partial charge in [-0.15, -0.1) is 11.8 Å². The Morgan fingerprint density at radius 2 is 1.78 bits per heavy atom. The van der Waals surface area contributed by atoms with Crippen LogP contribution in [0.3, 0.4) is 0 Å². The highest BCUT2D eigenvalue weighted by molar-refractivity contribution is 7.98. The van der Waals surface area contributed by atoms with Crippen molar-refractivity contribution in [3.8, 4) is 0 Å². The summed E-state index contributed by atoms with van der Waals surface area (Å²) in [5, 5.41) is 0.625. The topological polar surface area (TPSA) is 26.0 Å². The minimum atomic E-state index is 0.625. The Bertz CT molecular complexity index is 546. The third kappa shape index (κ3) is 3.21. The number of halogens is 1. The summed E-state index contributed by atoms with van der Waals surface area (Å²) in [5.74, 6) is 0.910. The fourth-order valence-corrected chi connectivity index (χ4v) is 3.12. The van der Waals surface area contributed by atoms with E-state index in [2.05, 4.69) is 32.0 Å². The molecule has 0 unspecified atom stereocenters. The highest BCUT2D eigenvalue weighted by Crippen LogP contribution is 2.32. The summed E-state index contributed by atoms with van der Waals surface area (Å²) in [5.41, 5.74) is 10.5. The van der Waals surface area contributed by atoms with Gasteiger partial charge in [0, 0.05) is 10.6 Å². The van der Waals surface area contributed by atoms with Crippen molar-refractivity contribution in [2.45, 2.75) is 24.5 Å². The van der Waals surface area contributed by atoms with Crippen molar-refractivity contribution in [3.05, 3.63) is 58.1 Å². The quantitative estimate of drug-likeness (QED) is 0.642. The van der Waals surface area contributed by atoms with E-state index in [1.807, 2.05) is 18.2 Å². The van der Waals surface area contributed by atoms with Gasteiger partial charge in [-0.05, 0) is 31.5 Å². The lowest BCUT2D eigenvalue weighted by atomic mass is 10.1. The van der Waals surface area contributed by atoms with Crippen molar-refractivity contribution in [2.75, 3.05) is 5.73 Å². The fourth-order valence-electron chi connectivity index (χ4n) is 1.96. The second-order valence-corrected chi connectivity index (χ2v) is 5.86. The lowest BCUT2D eigenvalue weighted by Gasteiger charge is -2.08. The standard InChI is InChI=1S/C15H16ClNS/c1-10-6-11(2)8-12(7-10)9-18-14-5-3-4-13(16)15(14)17/h3-8H,9,17H2,1-2H3. The van der Waals surface area contributed by atoms with Gasteiger partial charge in [0.25, 0.3) is 0 Å². The highest BCUT2D eigenvalue weighted by atomic mass is 35.5. The first-order valence-electron chi connectivity index (χ1n) is 5.80. The molecule has 2 aromatic rings. The predicted molar refractivity (Wildman–Crippen MR) is 81.3 cm³/mol. The molecule has 2 rings (SSSR count). The van der Waals surface area contributed by atoms with Gasteiger partial charge < -0.3 is 5.73 Å². The molecule has 0 radical (unpaired) electrons. The molecule has 0 aliphatic carbocycles. The summed E-state index contributed by atoms with van der Waals surface area (Å²) >= 11 is 7.73. The zero-order chi connectivity index (χ0) is 13.1. The van der Waals surface area contributed by atoms with Crippen LogP contribution in [0.2, 0.25) is 5.02 Å². The number of para-hydroxylation sites is 1. The first-order valence-corrected chi connectivity index (χ1v) is 7.16. The van der Waals surface area contributed by atoms with Crippen LogP contribution in [-0.4, -0.2) is 0 Å². The van der Waals surface area contributed by atoms with Crippen LogP contribution in [0.5, 0.6) is 0 Å². The summed E-state index contributed by atoms with van der Waals surface area (Å²) in [6.07, 6.45) is 0. The first kappa shape index (κ1) is 13.3. The number of hydrogen-bond donors (Lipinski definition) is 1. The SMILES string of the molecule is Cc1cc(C)cc(CSc2cccc(Cl)c2N)c1. The molecule has 3 heteroatoms. The molecule has 0 saturated carbocycles. The average Bonchev–Trinajstić information content (AvgIpc) is 2.30. The molecule has 0 bridgehead atoms. The van der Waals surface area contributed by atoms with E-state index in [9.17, 15) is 0 Å². The molecule has 0 fully saturated rings. The Hall–Kier alpha value is -1.12. The maximum Gasteiger partial charge on any atom is 0.0646 e. The van der Waals surface area contributed by atoms with Gasteiger partial charge in [-0.25, -0.2) is 0 Å². The fraction of sp³-hybridized carbons (Fsp3) is 0.200. The Kier molecular flexibility index (Phi) is 4.20. The van der Waals surface area contributed by atoms with Crippen LogP contribution in [0.1, 0.15) is 16.7 Å². The summed E-state index contributed by atoms with van der Waals surface area (Å²) in [6.45, 7) is 4.24. The smallest absolute Gasteiger partial charge is 0.0646 e. The molecule has 2 N–H and O–H groups in total. The first-order chi connectivity index (χ1) is 8.56. The highest BCUT2D eigenvalue weighted by Gasteiger charge is 2.04. The van der Waals surface area contributed by atoms with Crippen LogP contribution in [0.25, 0.3) is 0 Å². The summed E-state index contributed by atoms with van der Waals surface area (Å²) in [4.78, 5) is 1.04. The number of nitrogen functional groups attached to an aromatic ring is 1.